The minimum absolute atomic E-state index is 0.0445. The number of phosphoric ester groups is 1. The minimum Gasteiger partial charge on any atom is -0.456 e. The van der Waals surface area contributed by atoms with E-state index in [1.54, 1.807) is 0 Å². The van der Waals surface area contributed by atoms with E-state index in [1.807, 2.05) is 0 Å². The number of pyridine rings is 1. The highest BCUT2D eigenvalue weighted by molar-refractivity contribution is 7.66. The third kappa shape index (κ3) is 9.24. The van der Waals surface area contributed by atoms with Crippen LogP contribution in [0.15, 0.2) is 39.2 Å². The number of nitrogens with one attached hydrogen (secondary N) is 1. The number of ether oxygens (including phenoxy) is 2. The average molecular weight is 642 g/mol. The number of rotatable bonds is 12. The Kier molecular flexibility index (Phi) is 10.2. The molecule has 5 N–H and O–H groups in total. The molecule has 1 aliphatic heterocycles. The molecule has 0 amide bonds. The van der Waals surface area contributed by atoms with Crippen molar-refractivity contribution in [1.82, 2.24) is 14.5 Å². The molecular formula is C17H21N6O15P3. The topological polar surface area (TPSA) is 312 Å². The van der Waals surface area contributed by atoms with Crippen LogP contribution in [-0.4, -0.2) is 58.9 Å². The van der Waals surface area contributed by atoms with Gasteiger partial charge in [-0.05, 0) is 24.6 Å². The first-order chi connectivity index (χ1) is 19.0. The summed E-state index contributed by atoms with van der Waals surface area (Å²) in [6.45, 7) is 0.0721. The van der Waals surface area contributed by atoms with E-state index < -0.39 is 65.7 Å². The number of hydrogen-bond donors (Lipinski definition) is 5. The molecule has 0 spiro atoms. The van der Waals surface area contributed by atoms with Gasteiger partial charge in [0.25, 0.3) is 5.56 Å². The number of nitrogens with zero attached hydrogens (tertiary/aromatic N) is 5. The molecule has 3 unspecified atom stereocenters. The standard InChI is InChI=1S/C17H21N6O15P3/c1-9-7-23(17(26)21-15(9)24)14-5-12(36-16(25)10-3-2-4-19-11(10)6-20-22-18)13(35-14)8-34-40(30,31)38-41(32,33)37-39(27,28)29/h2-4,7,12-14H,5-6,8H2,1H3,(H,30,31)(H,32,33)(H,21,24,26)(H2,27,28,29)/t12?,13-,14-/m1/s1. The Morgan fingerprint density at radius 1 is 1.24 bits per heavy atom. The van der Waals surface area contributed by atoms with Crippen LogP contribution in [0.2, 0.25) is 0 Å². The van der Waals surface area contributed by atoms with Crippen molar-refractivity contribution < 1.29 is 60.7 Å². The smallest absolute Gasteiger partial charge is 0.456 e. The maximum atomic E-state index is 13.0. The average Bonchev–Trinajstić information content (AvgIpc) is 3.23. The molecule has 2 aromatic rings. The highest BCUT2D eigenvalue weighted by Crippen LogP contribution is 2.66. The maximum Gasteiger partial charge on any atom is 0.490 e. The van der Waals surface area contributed by atoms with Crippen molar-refractivity contribution in [2.24, 2.45) is 5.11 Å². The van der Waals surface area contributed by atoms with Crippen molar-refractivity contribution in [2.45, 2.75) is 38.3 Å². The van der Waals surface area contributed by atoms with E-state index in [9.17, 15) is 37.9 Å². The van der Waals surface area contributed by atoms with Gasteiger partial charge in [0.05, 0.1) is 24.4 Å². The van der Waals surface area contributed by atoms with Crippen LogP contribution in [0.25, 0.3) is 10.4 Å². The van der Waals surface area contributed by atoms with Gasteiger partial charge >= 0.3 is 35.1 Å². The van der Waals surface area contributed by atoms with Gasteiger partial charge in [0.2, 0.25) is 0 Å². The number of aromatic amines is 1. The van der Waals surface area contributed by atoms with Crippen molar-refractivity contribution in [3.05, 3.63) is 72.6 Å². The molecule has 5 atom stereocenters. The fraction of sp³-hybridized carbons (Fsp3) is 0.412. The zero-order valence-corrected chi connectivity index (χ0v) is 23.2. The lowest BCUT2D eigenvalue weighted by Gasteiger charge is -2.21. The molecule has 2 aromatic heterocycles. The number of carbonyl (C=O) groups is 1. The summed E-state index contributed by atoms with van der Waals surface area (Å²) in [5.74, 6) is -1.01. The molecule has 1 saturated heterocycles. The van der Waals surface area contributed by atoms with E-state index in [0.29, 0.717) is 0 Å². The Bertz CT molecular complexity index is 1610. The van der Waals surface area contributed by atoms with Crippen LogP contribution in [0.3, 0.4) is 0 Å². The molecule has 1 aliphatic rings. The Labute approximate surface area is 227 Å². The van der Waals surface area contributed by atoms with E-state index in [1.165, 1.54) is 25.3 Å². The van der Waals surface area contributed by atoms with Gasteiger partial charge in [-0.1, -0.05) is 5.11 Å². The maximum absolute atomic E-state index is 13.0. The monoisotopic (exact) mass is 642 g/mol. The quantitative estimate of drug-likeness (QED) is 0.0706. The summed E-state index contributed by atoms with van der Waals surface area (Å²) in [7, 11) is -17.0. The summed E-state index contributed by atoms with van der Waals surface area (Å²) in [5.41, 5.74) is 7.01. The third-order valence-electron chi connectivity index (χ3n) is 5.11. The highest BCUT2D eigenvalue weighted by atomic mass is 31.3. The van der Waals surface area contributed by atoms with Crippen LogP contribution in [0.1, 0.15) is 34.3 Å². The van der Waals surface area contributed by atoms with E-state index in [2.05, 4.69) is 33.1 Å². The number of H-pyrrole nitrogens is 1. The Morgan fingerprint density at radius 2 is 1.95 bits per heavy atom. The molecule has 24 heteroatoms. The number of azide groups is 1. The van der Waals surface area contributed by atoms with E-state index >= 15 is 0 Å². The normalized spacial score (nSPS) is 21.8. The van der Waals surface area contributed by atoms with E-state index in [4.69, 9.17) is 24.8 Å². The van der Waals surface area contributed by atoms with Gasteiger partial charge in [0.1, 0.15) is 18.4 Å². The van der Waals surface area contributed by atoms with Crippen molar-refractivity contribution in [1.29, 1.82) is 0 Å². The SMILES string of the molecule is Cc1cn([C@H]2CC(OC(=O)c3cccnc3CN=[N+]=[N-])[C@@H](COP(=O)(O)OP(=O)(O)OP(=O)(O)O)O2)c(=O)[nH]c1=O. The summed E-state index contributed by atoms with van der Waals surface area (Å²) in [5, 5.41) is 3.34. The van der Waals surface area contributed by atoms with Crippen LogP contribution >= 0.6 is 23.5 Å². The molecule has 0 bridgehead atoms. The Morgan fingerprint density at radius 3 is 2.61 bits per heavy atom. The summed E-state index contributed by atoms with van der Waals surface area (Å²) in [4.78, 5) is 82.1. The third-order valence-corrected chi connectivity index (χ3v) is 8.91. The molecule has 41 heavy (non-hydrogen) atoms. The summed E-state index contributed by atoms with van der Waals surface area (Å²) < 4.78 is 58.6. The van der Waals surface area contributed by atoms with Crippen LogP contribution in [0, 0.1) is 6.92 Å². The first-order valence-electron chi connectivity index (χ1n) is 10.9. The van der Waals surface area contributed by atoms with Gasteiger partial charge < -0.3 is 29.0 Å². The predicted molar refractivity (Wildman–Crippen MR) is 131 cm³/mol. The Balaban J connectivity index is 1.85. The highest BCUT2D eigenvalue weighted by Gasteiger charge is 2.44. The second kappa shape index (κ2) is 12.9. The molecule has 0 aromatic carbocycles. The number of hydrogen-bond acceptors (Lipinski definition) is 13. The molecule has 224 valence electrons. The van der Waals surface area contributed by atoms with Gasteiger partial charge in [0, 0.05) is 29.3 Å². The van der Waals surface area contributed by atoms with Crippen molar-refractivity contribution in [3.63, 3.8) is 0 Å². The lowest BCUT2D eigenvalue weighted by atomic mass is 10.1. The zero-order valence-electron chi connectivity index (χ0n) is 20.5. The Hall–Kier alpha value is -3.02. The van der Waals surface area contributed by atoms with Gasteiger partial charge in [0.15, 0.2) is 0 Å². The first-order valence-corrected chi connectivity index (χ1v) is 15.4. The largest absolute Gasteiger partial charge is 0.490 e. The number of esters is 1. The van der Waals surface area contributed by atoms with Crippen LogP contribution in [-0.2, 0) is 42.9 Å². The fourth-order valence-corrected chi connectivity index (χ4v) is 6.50. The van der Waals surface area contributed by atoms with Gasteiger partial charge in [-0.3, -0.25) is 23.9 Å². The van der Waals surface area contributed by atoms with Crippen LogP contribution in [0.4, 0.5) is 0 Å². The number of phosphoric acid groups is 3. The lowest BCUT2D eigenvalue weighted by Crippen LogP contribution is -2.33. The molecule has 0 saturated carbocycles. The predicted octanol–water partition coefficient (Wildman–Crippen LogP) is 0.907. The van der Waals surface area contributed by atoms with Gasteiger partial charge in [-0.2, -0.15) is 8.62 Å². The summed E-state index contributed by atoms with van der Waals surface area (Å²) >= 11 is 0. The summed E-state index contributed by atoms with van der Waals surface area (Å²) in [6.07, 6.45) is -1.86. The second-order valence-corrected chi connectivity index (χ2v) is 12.5. The van der Waals surface area contributed by atoms with E-state index in [-0.39, 0.29) is 29.8 Å². The number of aryl methyl sites for hydroxylation is 1. The molecular weight excluding hydrogens is 621 g/mol. The number of aromatic nitrogens is 3. The molecule has 0 radical (unpaired) electrons. The van der Waals surface area contributed by atoms with Gasteiger partial charge in [-0.15, -0.1) is 0 Å². The fourth-order valence-electron chi connectivity index (χ4n) is 3.47. The number of carbonyl (C=O) groups excluding carboxylic acids is 1. The van der Waals surface area contributed by atoms with Crippen molar-refractivity contribution in [2.75, 3.05) is 6.61 Å². The first kappa shape index (κ1) is 32.5. The molecule has 1 fully saturated rings. The summed E-state index contributed by atoms with van der Waals surface area (Å²) in [6, 6.07) is 2.70. The molecule has 21 nitrogen and oxygen atoms in total. The molecule has 3 heterocycles. The molecule has 3 rings (SSSR count). The minimum atomic E-state index is -5.81. The zero-order chi connectivity index (χ0) is 30.6. The van der Waals surface area contributed by atoms with Gasteiger partial charge in [-0.25, -0.2) is 23.3 Å². The molecule has 0 aliphatic carbocycles. The van der Waals surface area contributed by atoms with Crippen LogP contribution < -0.4 is 11.2 Å². The van der Waals surface area contributed by atoms with Crippen LogP contribution in [0.5, 0.6) is 0 Å². The lowest BCUT2D eigenvalue weighted by molar-refractivity contribution is -0.0512. The van der Waals surface area contributed by atoms with E-state index in [0.717, 1.165) is 10.8 Å². The van der Waals surface area contributed by atoms with Crippen molar-refractivity contribution in [3.8, 4) is 0 Å². The van der Waals surface area contributed by atoms with Crippen molar-refractivity contribution >= 4 is 29.4 Å². The second-order valence-electron chi connectivity index (χ2n) is 8.06.